The Balaban J connectivity index is 1.88. The summed E-state index contributed by atoms with van der Waals surface area (Å²) in [6.45, 7) is 6.02. The van der Waals surface area contributed by atoms with Crippen LogP contribution in [-0.2, 0) is 9.53 Å². The van der Waals surface area contributed by atoms with Gasteiger partial charge in [0.1, 0.15) is 12.4 Å². The standard InChI is InChI=1S/C20H16N2O5/c1-13(2)12-26-18-6-4-3-5-15(18)11-17-20(23)27-19(21-17)14-7-9-16(10-8-14)22(24)25/h3-11H,1,12H2,2H3/b17-11-. The van der Waals surface area contributed by atoms with Crippen molar-refractivity contribution >= 4 is 23.6 Å². The molecule has 0 radical (unpaired) electrons. The van der Waals surface area contributed by atoms with E-state index in [9.17, 15) is 14.9 Å². The Morgan fingerprint density at radius 1 is 1.26 bits per heavy atom. The number of non-ortho nitro benzene ring substituents is 1. The molecule has 0 atom stereocenters. The number of carbonyl (C=O) groups excluding carboxylic acids is 1. The first-order chi connectivity index (χ1) is 12.9. The Hall–Kier alpha value is -3.74. The fraction of sp³-hybridized carbons (Fsp3) is 0.100. The zero-order chi connectivity index (χ0) is 19.4. The monoisotopic (exact) mass is 364 g/mol. The molecule has 1 aliphatic rings. The number of para-hydroxylation sites is 1. The van der Waals surface area contributed by atoms with E-state index in [1.807, 2.05) is 19.1 Å². The predicted molar refractivity (Wildman–Crippen MR) is 100 cm³/mol. The van der Waals surface area contributed by atoms with Crippen molar-refractivity contribution in [3.8, 4) is 5.75 Å². The van der Waals surface area contributed by atoms with E-state index < -0.39 is 10.9 Å². The first kappa shape index (κ1) is 18.1. The van der Waals surface area contributed by atoms with E-state index in [0.717, 1.165) is 5.57 Å². The summed E-state index contributed by atoms with van der Waals surface area (Å²) in [5.74, 6) is 0.0966. The number of aliphatic imine (C=N–C) groups is 1. The highest BCUT2D eigenvalue weighted by Crippen LogP contribution is 2.25. The van der Waals surface area contributed by atoms with Crippen LogP contribution in [0.3, 0.4) is 0 Å². The van der Waals surface area contributed by atoms with Crippen molar-refractivity contribution in [3.63, 3.8) is 0 Å². The number of ether oxygens (including phenoxy) is 2. The molecule has 27 heavy (non-hydrogen) atoms. The number of hydrogen-bond acceptors (Lipinski definition) is 6. The van der Waals surface area contributed by atoms with Crippen LogP contribution in [0.5, 0.6) is 5.75 Å². The van der Waals surface area contributed by atoms with Crippen molar-refractivity contribution in [1.82, 2.24) is 0 Å². The van der Waals surface area contributed by atoms with Gasteiger partial charge in [-0.05, 0) is 36.8 Å². The maximum atomic E-state index is 12.1. The first-order valence-corrected chi connectivity index (χ1v) is 8.07. The fourth-order valence-corrected chi connectivity index (χ4v) is 2.34. The lowest BCUT2D eigenvalue weighted by Gasteiger charge is -2.08. The number of nitro groups is 1. The van der Waals surface area contributed by atoms with Gasteiger partial charge in [-0.2, -0.15) is 0 Å². The Morgan fingerprint density at radius 2 is 1.96 bits per heavy atom. The minimum absolute atomic E-state index is 0.0528. The van der Waals surface area contributed by atoms with E-state index in [1.54, 1.807) is 18.2 Å². The Labute approximate surface area is 155 Å². The molecule has 0 amide bonds. The van der Waals surface area contributed by atoms with Crippen molar-refractivity contribution in [3.05, 3.63) is 87.6 Å². The molecule has 0 aromatic heterocycles. The van der Waals surface area contributed by atoms with Crippen LogP contribution < -0.4 is 4.74 Å². The highest BCUT2D eigenvalue weighted by Gasteiger charge is 2.25. The lowest BCUT2D eigenvalue weighted by Crippen LogP contribution is -2.05. The number of cyclic esters (lactones) is 1. The summed E-state index contributed by atoms with van der Waals surface area (Å²) in [7, 11) is 0. The smallest absolute Gasteiger partial charge is 0.363 e. The second kappa shape index (κ2) is 7.65. The SMILES string of the molecule is C=C(C)COc1ccccc1/C=C1\N=C(c2ccc([N+](=O)[O-])cc2)OC1=O. The molecule has 0 aliphatic carbocycles. The van der Waals surface area contributed by atoms with Crippen LogP contribution in [0.4, 0.5) is 5.69 Å². The molecule has 0 bridgehead atoms. The second-order valence-electron chi connectivity index (χ2n) is 5.92. The topological polar surface area (TPSA) is 91.0 Å². The van der Waals surface area contributed by atoms with Gasteiger partial charge >= 0.3 is 5.97 Å². The molecule has 1 aliphatic heterocycles. The van der Waals surface area contributed by atoms with Crippen molar-refractivity contribution in [2.24, 2.45) is 4.99 Å². The molecule has 7 heteroatoms. The summed E-state index contributed by atoms with van der Waals surface area (Å²) in [4.78, 5) is 26.6. The lowest BCUT2D eigenvalue weighted by atomic mass is 10.1. The number of esters is 1. The summed E-state index contributed by atoms with van der Waals surface area (Å²) in [6.07, 6.45) is 1.58. The number of hydrogen-bond donors (Lipinski definition) is 0. The van der Waals surface area contributed by atoms with Gasteiger partial charge in [0, 0.05) is 23.3 Å². The van der Waals surface area contributed by atoms with Gasteiger partial charge in [-0.15, -0.1) is 0 Å². The average Bonchev–Trinajstić information content (AvgIpc) is 3.01. The Kier molecular flexibility index (Phi) is 5.12. The molecule has 2 aromatic rings. The molecule has 1 heterocycles. The molecule has 2 aromatic carbocycles. The number of nitrogens with zero attached hydrogens (tertiary/aromatic N) is 2. The van der Waals surface area contributed by atoms with Gasteiger partial charge in [-0.1, -0.05) is 24.8 Å². The van der Waals surface area contributed by atoms with Crippen LogP contribution in [0.1, 0.15) is 18.1 Å². The summed E-state index contributed by atoms with van der Waals surface area (Å²) in [5, 5.41) is 10.7. The molecule has 0 saturated carbocycles. The maximum Gasteiger partial charge on any atom is 0.363 e. The van der Waals surface area contributed by atoms with Gasteiger partial charge in [-0.25, -0.2) is 9.79 Å². The summed E-state index contributed by atoms with van der Waals surface area (Å²) < 4.78 is 10.9. The zero-order valence-electron chi connectivity index (χ0n) is 14.5. The van der Waals surface area contributed by atoms with E-state index in [4.69, 9.17) is 9.47 Å². The minimum atomic E-state index is -0.599. The van der Waals surface area contributed by atoms with Crippen LogP contribution in [0.2, 0.25) is 0 Å². The lowest BCUT2D eigenvalue weighted by molar-refractivity contribution is -0.384. The predicted octanol–water partition coefficient (Wildman–Crippen LogP) is 3.89. The fourth-order valence-electron chi connectivity index (χ4n) is 2.34. The number of nitro benzene ring substituents is 1. The van der Waals surface area contributed by atoms with Crippen molar-refractivity contribution < 1.29 is 19.2 Å². The number of rotatable bonds is 6. The molecule has 0 N–H and O–H groups in total. The maximum absolute atomic E-state index is 12.1. The van der Waals surface area contributed by atoms with Crippen molar-refractivity contribution in [1.29, 1.82) is 0 Å². The highest BCUT2D eigenvalue weighted by atomic mass is 16.6. The van der Waals surface area contributed by atoms with Crippen LogP contribution in [0.15, 0.2) is 71.4 Å². The minimum Gasteiger partial charge on any atom is -0.489 e. The second-order valence-corrected chi connectivity index (χ2v) is 5.92. The van der Waals surface area contributed by atoms with Gasteiger partial charge < -0.3 is 9.47 Å². The van der Waals surface area contributed by atoms with Gasteiger partial charge in [0.05, 0.1) is 4.92 Å². The summed E-state index contributed by atoms with van der Waals surface area (Å²) >= 11 is 0. The molecule has 0 unspecified atom stereocenters. The van der Waals surface area contributed by atoms with E-state index in [0.29, 0.717) is 23.5 Å². The van der Waals surface area contributed by atoms with Crippen LogP contribution >= 0.6 is 0 Å². The van der Waals surface area contributed by atoms with Crippen LogP contribution in [0, 0.1) is 10.1 Å². The molecule has 136 valence electrons. The summed E-state index contributed by atoms with van der Waals surface area (Å²) in [5.41, 5.74) is 2.09. The van der Waals surface area contributed by atoms with Gasteiger partial charge in [0.2, 0.25) is 5.90 Å². The van der Waals surface area contributed by atoms with E-state index in [2.05, 4.69) is 11.6 Å². The van der Waals surface area contributed by atoms with E-state index in [-0.39, 0.29) is 17.3 Å². The third-order valence-corrected chi connectivity index (χ3v) is 3.63. The van der Waals surface area contributed by atoms with Gasteiger partial charge in [0.15, 0.2) is 5.70 Å². The summed E-state index contributed by atoms with van der Waals surface area (Å²) in [6, 6.07) is 12.9. The Morgan fingerprint density at radius 3 is 2.63 bits per heavy atom. The average molecular weight is 364 g/mol. The number of benzene rings is 2. The van der Waals surface area contributed by atoms with Gasteiger partial charge in [0.25, 0.3) is 5.69 Å². The van der Waals surface area contributed by atoms with Crippen molar-refractivity contribution in [2.75, 3.05) is 6.61 Å². The molecule has 0 spiro atoms. The van der Waals surface area contributed by atoms with Crippen molar-refractivity contribution in [2.45, 2.75) is 6.92 Å². The normalized spacial score (nSPS) is 14.6. The zero-order valence-corrected chi connectivity index (χ0v) is 14.5. The van der Waals surface area contributed by atoms with Crippen LogP contribution in [-0.4, -0.2) is 23.4 Å². The largest absolute Gasteiger partial charge is 0.489 e. The molecule has 0 saturated heterocycles. The third-order valence-electron chi connectivity index (χ3n) is 3.63. The van der Waals surface area contributed by atoms with Gasteiger partial charge in [-0.3, -0.25) is 10.1 Å². The molecular weight excluding hydrogens is 348 g/mol. The van der Waals surface area contributed by atoms with E-state index >= 15 is 0 Å². The van der Waals surface area contributed by atoms with E-state index in [1.165, 1.54) is 24.3 Å². The molecule has 7 nitrogen and oxygen atoms in total. The quantitative estimate of drug-likeness (QED) is 0.255. The highest BCUT2D eigenvalue weighted by molar-refractivity contribution is 6.13. The Bertz CT molecular complexity index is 974. The van der Waals surface area contributed by atoms with Crippen LogP contribution in [0.25, 0.3) is 6.08 Å². The molecule has 3 rings (SSSR count). The first-order valence-electron chi connectivity index (χ1n) is 8.07. The number of carbonyl (C=O) groups is 1. The molecule has 0 fully saturated rings. The molecular formula is C20H16N2O5. The third kappa shape index (κ3) is 4.27.